The summed E-state index contributed by atoms with van der Waals surface area (Å²) in [6.07, 6.45) is 10.2. The fourth-order valence-electron chi connectivity index (χ4n) is 5.55. The maximum Gasteiger partial charge on any atom is 0.255 e. The fourth-order valence-corrected chi connectivity index (χ4v) is 5.94. The van der Waals surface area contributed by atoms with Gasteiger partial charge in [0.15, 0.2) is 0 Å². The summed E-state index contributed by atoms with van der Waals surface area (Å²) >= 11 is 3.46. The number of halogens is 1. The highest BCUT2D eigenvalue weighted by Gasteiger charge is 2.39. The van der Waals surface area contributed by atoms with Crippen molar-refractivity contribution >= 4 is 39.6 Å². The van der Waals surface area contributed by atoms with Crippen molar-refractivity contribution in [1.82, 2.24) is 15.1 Å². The van der Waals surface area contributed by atoms with Crippen molar-refractivity contribution < 1.29 is 19.2 Å². The Morgan fingerprint density at radius 2 is 1.69 bits per heavy atom. The van der Waals surface area contributed by atoms with Crippen LogP contribution in [0.25, 0.3) is 0 Å². The first kappa shape index (κ1) is 25.9. The Hall–Kier alpha value is -2.22. The molecule has 0 aromatic heterocycles. The molecule has 1 unspecified atom stereocenters. The molecule has 190 valence electrons. The van der Waals surface area contributed by atoms with E-state index < -0.39 is 6.04 Å². The van der Waals surface area contributed by atoms with Crippen LogP contribution < -0.4 is 5.32 Å². The van der Waals surface area contributed by atoms with Crippen LogP contribution >= 0.6 is 15.9 Å². The minimum atomic E-state index is -0.584. The third-order valence-electron chi connectivity index (χ3n) is 7.64. The zero-order valence-corrected chi connectivity index (χ0v) is 22.0. The monoisotopic (exact) mass is 545 g/mol. The molecule has 35 heavy (non-hydrogen) atoms. The lowest BCUT2D eigenvalue weighted by molar-refractivity contribution is -0.137. The van der Waals surface area contributed by atoms with E-state index in [1.54, 1.807) is 4.90 Å². The van der Waals surface area contributed by atoms with Gasteiger partial charge in [0.2, 0.25) is 17.7 Å². The Labute approximate surface area is 216 Å². The maximum absolute atomic E-state index is 12.9. The van der Waals surface area contributed by atoms with Crippen molar-refractivity contribution in [2.24, 2.45) is 0 Å². The number of hydrogen-bond donors (Lipinski definition) is 1. The lowest BCUT2D eigenvalue weighted by Crippen LogP contribution is -2.52. The Kier molecular flexibility index (Phi) is 8.98. The Bertz CT molecular complexity index is 958. The number of carbonyl (C=O) groups excluding carboxylic acids is 4. The average molecular weight is 547 g/mol. The lowest BCUT2D eigenvalue weighted by atomic mass is 9.87. The zero-order valence-electron chi connectivity index (χ0n) is 20.4. The number of benzene rings is 1. The summed E-state index contributed by atoms with van der Waals surface area (Å²) in [5, 5.41) is 3.43. The molecule has 0 saturated carbocycles. The number of hydrogen-bond acceptors (Lipinski definition) is 4. The highest BCUT2D eigenvalue weighted by Crippen LogP contribution is 2.33. The summed E-state index contributed by atoms with van der Waals surface area (Å²) < 4.78 is 0. The van der Waals surface area contributed by atoms with Gasteiger partial charge in [0.05, 0.1) is 0 Å². The van der Waals surface area contributed by atoms with Crippen LogP contribution in [0.2, 0.25) is 0 Å². The van der Waals surface area contributed by atoms with Crippen molar-refractivity contribution in [3.8, 4) is 0 Å². The third kappa shape index (κ3) is 6.32. The Morgan fingerprint density at radius 1 is 0.971 bits per heavy atom. The van der Waals surface area contributed by atoms with Crippen LogP contribution in [-0.2, 0) is 20.9 Å². The van der Waals surface area contributed by atoms with Crippen molar-refractivity contribution in [2.75, 3.05) is 18.4 Å². The molecule has 0 spiro atoms. The molecule has 4 amide bonds. The first-order valence-corrected chi connectivity index (χ1v) is 14.2. The molecule has 1 atom stereocenters. The molecule has 2 fully saturated rings. The second-order valence-corrected chi connectivity index (χ2v) is 10.8. The van der Waals surface area contributed by atoms with E-state index in [0.717, 1.165) is 49.7 Å². The minimum absolute atomic E-state index is 0.135. The van der Waals surface area contributed by atoms with Crippen LogP contribution in [0.5, 0.6) is 0 Å². The molecular weight excluding hydrogens is 510 g/mol. The fraction of sp³-hybridized carbons (Fsp3) is 0.630. The number of imide groups is 1. The molecule has 0 bridgehead atoms. The predicted molar refractivity (Wildman–Crippen MR) is 137 cm³/mol. The molecule has 1 aromatic carbocycles. The summed E-state index contributed by atoms with van der Waals surface area (Å²) in [7, 11) is 0. The highest BCUT2D eigenvalue weighted by molar-refractivity contribution is 9.09. The van der Waals surface area contributed by atoms with E-state index in [4.69, 9.17) is 0 Å². The quantitative estimate of drug-likeness (QED) is 0.270. The number of fused-ring (bicyclic) bond motifs is 1. The van der Waals surface area contributed by atoms with Crippen LogP contribution in [0.3, 0.4) is 0 Å². The molecule has 0 aliphatic carbocycles. The van der Waals surface area contributed by atoms with Gasteiger partial charge in [0.1, 0.15) is 6.04 Å². The van der Waals surface area contributed by atoms with E-state index >= 15 is 0 Å². The number of nitrogens with one attached hydrogen (secondary N) is 1. The summed E-state index contributed by atoms with van der Waals surface area (Å²) in [5.41, 5.74) is 2.81. The normalized spacial score (nSPS) is 20.8. The largest absolute Gasteiger partial charge is 0.343 e. The third-order valence-corrected chi connectivity index (χ3v) is 8.20. The molecule has 8 heteroatoms. The van der Waals surface area contributed by atoms with Gasteiger partial charge in [-0.05, 0) is 55.2 Å². The maximum atomic E-state index is 12.9. The van der Waals surface area contributed by atoms with E-state index in [0.29, 0.717) is 30.9 Å². The molecule has 2 saturated heterocycles. The summed E-state index contributed by atoms with van der Waals surface area (Å²) in [4.78, 5) is 52.9. The van der Waals surface area contributed by atoms with Crippen molar-refractivity contribution in [2.45, 2.75) is 89.1 Å². The van der Waals surface area contributed by atoms with Crippen molar-refractivity contribution in [3.05, 3.63) is 34.9 Å². The van der Waals surface area contributed by atoms with E-state index in [9.17, 15) is 19.2 Å². The van der Waals surface area contributed by atoms with E-state index in [-0.39, 0.29) is 30.0 Å². The lowest BCUT2D eigenvalue weighted by Gasteiger charge is -2.32. The molecule has 1 aromatic rings. The molecule has 4 rings (SSSR count). The second kappa shape index (κ2) is 12.2. The number of nitrogens with zero attached hydrogens (tertiary/aromatic N) is 2. The number of piperidine rings is 2. The van der Waals surface area contributed by atoms with Crippen molar-refractivity contribution in [1.29, 1.82) is 0 Å². The average Bonchev–Trinajstić information content (AvgIpc) is 3.19. The van der Waals surface area contributed by atoms with Crippen LogP contribution in [0, 0.1) is 0 Å². The van der Waals surface area contributed by atoms with Gasteiger partial charge in [0, 0.05) is 43.4 Å². The van der Waals surface area contributed by atoms with Gasteiger partial charge in [-0.15, -0.1) is 0 Å². The van der Waals surface area contributed by atoms with E-state index in [2.05, 4.69) is 27.3 Å². The number of unbranched alkanes of at least 4 members (excludes halogenated alkanes) is 5. The summed E-state index contributed by atoms with van der Waals surface area (Å²) in [6, 6.07) is 5.44. The van der Waals surface area contributed by atoms with Gasteiger partial charge in [-0.3, -0.25) is 24.5 Å². The van der Waals surface area contributed by atoms with Crippen LogP contribution in [0.4, 0.5) is 0 Å². The van der Waals surface area contributed by atoms with Gasteiger partial charge in [-0.2, -0.15) is 0 Å². The van der Waals surface area contributed by atoms with Gasteiger partial charge < -0.3 is 9.80 Å². The topological polar surface area (TPSA) is 86.8 Å². The first-order valence-electron chi connectivity index (χ1n) is 13.1. The molecular formula is C27H36BrN3O4. The summed E-state index contributed by atoms with van der Waals surface area (Å²) in [6.45, 7) is 1.97. The van der Waals surface area contributed by atoms with Crippen LogP contribution in [-0.4, -0.2) is 57.9 Å². The number of amides is 4. The van der Waals surface area contributed by atoms with Crippen LogP contribution in [0.1, 0.15) is 98.0 Å². The smallest absolute Gasteiger partial charge is 0.255 e. The van der Waals surface area contributed by atoms with Crippen molar-refractivity contribution in [3.63, 3.8) is 0 Å². The molecule has 0 radical (unpaired) electrons. The second-order valence-electron chi connectivity index (χ2n) is 10.0. The number of carbonyl (C=O) groups is 4. The van der Waals surface area contributed by atoms with Gasteiger partial charge >= 0.3 is 0 Å². The predicted octanol–water partition coefficient (Wildman–Crippen LogP) is 4.28. The SMILES string of the molecule is O=C1CCC(N2Cc3cc(C4CCN(C(=O)CCCCCCCCBr)CC4)ccc3C2=O)C(=O)N1. The standard InChI is InChI=1S/C27H36BrN3O4/c28-14-6-4-2-1-3-5-7-25(33)30-15-12-19(13-16-30)20-8-9-22-21(17-20)18-31(27(22)35)23-10-11-24(32)29-26(23)34/h8-9,17,19,23H,1-7,10-16,18H2,(H,29,32,34). The van der Waals surface area contributed by atoms with Gasteiger partial charge in [0.25, 0.3) is 5.91 Å². The highest BCUT2D eigenvalue weighted by atomic mass is 79.9. The van der Waals surface area contributed by atoms with Crippen LogP contribution in [0.15, 0.2) is 18.2 Å². The molecule has 1 N–H and O–H groups in total. The van der Waals surface area contributed by atoms with Gasteiger partial charge in [-0.25, -0.2) is 0 Å². The van der Waals surface area contributed by atoms with Gasteiger partial charge in [-0.1, -0.05) is 53.7 Å². The first-order chi connectivity index (χ1) is 17.0. The molecule has 3 aliphatic heterocycles. The molecule has 3 heterocycles. The Balaban J connectivity index is 1.25. The number of likely N-dealkylation sites (tertiary alicyclic amines) is 1. The number of alkyl halides is 1. The number of rotatable bonds is 10. The molecule has 3 aliphatic rings. The summed E-state index contributed by atoms with van der Waals surface area (Å²) in [5.74, 6) is -0.135. The minimum Gasteiger partial charge on any atom is -0.343 e. The zero-order chi connectivity index (χ0) is 24.8. The van der Waals surface area contributed by atoms with E-state index in [1.165, 1.54) is 31.2 Å². The Morgan fingerprint density at radius 3 is 2.40 bits per heavy atom. The molecule has 7 nitrogen and oxygen atoms in total. The van der Waals surface area contributed by atoms with E-state index in [1.807, 2.05) is 17.0 Å².